The molecule has 0 bridgehead atoms. The molecule has 0 fully saturated rings. The van der Waals surface area contributed by atoms with Gasteiger partial charge < -0.3 is 18.6 Å². The van der Waals surface area contributed by atoms with Gasteiger partial charge in [-0.3, -0.25) is 0 Å². The average molecular weight is 1410 g/mol. The highest BCUT2D eigenvalue weighted by Gasteiger charge is 2.47. The summed E-state index contributed by atoms with van der Waals surface area (Å²) in [7, 11) is 0. The molecule has 0 saturated carbocycles. The summed E-state index contributed by atoms with van der Waals surface area (Å²) < 4.78 is 12.9. The number of hydrogen-bond donors (Lipinski definition) is 0. The van der Waals surface area contributed by atoms with Crippen LogP contribution in [-0.2, 0) is 10.8 Å². The molecule has 0 amide bonds. The number of furan rings is 2. The Labute approximate surface area is 641 Å². The fourth-order valence-corrected chi connectivity index (χ4v) is 17.8. The van der Waals surface area contributed by atoms with Crippen LogP contribution in [0.4, 0.5) is 34.1 Å². The van der Waals surface area contributed by atoms with Crippen molar-refractivity contribution in [1.29, 1.82) is 0 Å². The number of anilines is 6. The number of hydrogen-bond acceptors (Lipinski definition) is 4. The first-order valence-corrected chi connectivity index (χ1v) is 37.9. The van der Waals surface area contributed by atoms with Gasteiger partial charge in [0.2, 0.25) is 0 Å². The second-order valence-corrected chi connectivity index (χ2v) is 29.3. The molecule has 0 radical (unpaired) electrons. The lowest BCUT2D eigenvalue weighted by Gasteiger charge is -2.34. The number of fused-ring (bicyclic) bond motifs is 12. The van der Waals surface area contributed by atoms with E-state index in [4.69, 9.17) is 8.83 Å². The molecule has 2 aromatic heterocycles. The maximum absolute atomic E-state index is 6.56. The van der Waals surface area contributed by atoms with Crippen LogP contribution in [-0.4, -0.2) is 0 Å². The van der Waals surface area contributed by atoms with Crippen molar-refractivity contribution in [3.63, 3.8) is 0 Å². The third kappa shape index (κ3) is 11.0. The molecule has 110 heavy (non-hydrogen) atoms. The van der Waals surface area contributed by atoms with E-state index in [1.54, 1.807) is 0 Å². The van der Waals surface area contributed by atoms with Crippen molar-refractivity contribution in [2.75, 3.05) is 9.80 Å². The minimum Gasteiger partial charge on any atom is -0.456 e. The third-order valence-corrected chi connectivity index (χ3v) is 22.9. The Kier molecular flexibility index (Phi) is 16.1. The summed E-state index contributed by atoms with van der Waals surface area (Å²) in [6.45, 7) is 4.73. The molecular formula is C106H74N2O2. The van der Waals surface area contributed by atoms with Crippen molar-refractivity contribution in [2.24, 2.45) is 0 Å². The van der Waals surface area contributed by atoms with Gasteiger partial charge in [0, 0.05) is 72.6 Å². The highest BCUT2D eigenvalue weighted by Crippen LogP contribution is 2.60. The van der Waals surface area contributed by atoms with Gasteiger partial charge in [0.05, 0.1) is 11.1 Å². The molecule has 2 aliphatic carbocycles. The van der Waals surface area contributed by atoms with Gasteiger partial charge in [-0.15, -0.1) is 0 Å². The molecule has 4 heteroatoms. The predicted octanol–water partition coefficient (Wildman–Crippen LogP) is 29.1. The quantitative estimate of drug-likeness (QED) is 0.115. The smallest absolute Gasteiger partial charge is 0.143 e. The minimum atomic E-state index is -0.479. The van der Waals surface area contributed by atoms with Crippen LogP contribution in [0.1, 0.15) is 47.2 Å². The molecule has 4 nitrogen and oxygen atoms in total. The molecule has 520 valence electrons. The van der Waals surface area contributed by atoms with Crippen LogP contribution in [0.5, 0.6) is 0 Å². The highest BCUT2D eigenvalue weighted by molar-refractivity contribution is 6.14. The van der Waals surface area contributed by atoms with Crippen molar-refractivity contribution < 1.29 is 8.83 Å². The van der Waals surface area contributed by atoms with Crippen LogP contribution in [0.3, 0.4) is 0 Å². The fraction of sp³-hybridized carbons (Fsp3) is 0.0377. The molecule has 0 N–H and O–H groups in total. The third-order valence-electron chi connectivity index (χ3n) is 22.9. The van der Waals surface area contributed by atoms with Crippen LogP contribution < -0.4 is 9.80 Å². The zero-order valence-electron chi connectivity index (χ0n) is 61.0. The van der Waals surface area contributed by atoms with E-state index >= 15 is 0 Å². The maximum atomic E-state index is 6.56. The second-order valence-electron chi connectivity index (χ2n) is 29.3. The Morgan fingerprint density at radius 1 is 0.227 bits per heavy atom. The number of nitrogens with zero attached hydrogens (tertiary/aromatic N) is 2. The van der Waals surface area contributed by atoms with E-state index in [0.717, 1.165) is 89.1 Å². The van der Waals surface area contributed by atoms with Crippen LogP contribution in [0.25, 0.3) is 122 Å². The summed E-state index contributed by atoms with van der Waals surface area (Å²) in [4.78, 5) is 4.77. The Bertz CT molecular complexity index is 6600. The van der Waals surface area contributed by atoms with E-state index in [1.807, 2.05) is 12.1 Å². The van der Waals surface area contributed by atoms with E-state index < -0.39 is 5.41 Å². The van der Waals surface area contributed by atoms with E-state index in [-0.39, 0.29) is 5.41 Å². The van der Waals surface area contributed by atoms with Crippen LogP contribution in [0.2, 0.25) is 0 Å². The highest BCUT2D eigenvalue weighted by atomic mass is 16.3. The largest absolute Gasteiger partial charge is 0.456 e. The minimum absolute atomic E-state index is 0.132. The van der Waals surface area contributed by atoms with Gasteiger partial charge in [0.1, 0.15) is 22.3 Å². The summed E-state index contributed by atoms with van der Waals surface area (Å²) in [6, 6.07) is 149. The summed E-state index contributed by atoms with van der Waals surface area (Å²) in [5, 5.41) is 4.49. The summed E-state index contributed by atoms with van der Waals surface area (Å²) in [6.07, 6.45) is 0. The fourth-order valence-electron chi connectivity index (χ4n) is 17.8. The van der Waals surface area contributed by atoms with Crippen LogP contribution >= 0.6 is 0 Å². The second kappa shape index (κ2) is 27.1. The van der Waals surface area contributed by atoms with Crippen molar-refractivity contribution >= 4 is 78.0 Å². The summed E-state index contributed by atoms with van der Waals surface area (Å²) in [5.41, 5.74) is 34.2. The molecule has 0 atom stereocenters. The Hall–Kier alpha value is -14.1. The lowest BCUT2D eigenvalue weighted by atomic mass is 9.67. The van der Waals surface area contributed by atoms with Crippen molar-refractivity contribution in [2.45, 2.75) is 24.7 Å². The molecule has 2 aliphatic rings. The first kappa shape index (κ1) is 65.5. The van der Waals surface area contributed by atoms with Crippen LogP contribution in [0.15, 0.2) is 421 Å². The number of para-hydroxylation sites is 3. The summed E-state index contributed by atoms with van der Waals surface area (Å²) >= 11 is 0. The Balaban J connectivity index is 0.000000146. The molecule has 17 aromatic carbocycles. The zero-order chi connectivity index (χ0) is 73.3. The Morgan fingerprint density at radius 3 is 1.32 bits per heavy atom. The first-order chi connectivity index (χ1) is 54.3. The van der Waals surface area contributed by atoms with Crippen LogP contribution in [0, 0.1) is 0 Å². The van der Waals surface area contributed by atoms with E-state index in [9.17, 15) is 0 Å². The average Bonchev–Trinajstić information content (AvgIpc) is 1.53. The maximum Gasteiger partial charge on any atom is 0.143 e. The van der Waals surface area contributed by atoms with Gasteiger partial charge in [-0.25, -0.2) is 0 Å². The normalized spacial score (nSPS) is 12.8. The lowest BCUT2D eigenvalue weighted by Crippen LogP contribution is -2.28. The van der Waals surface area contributed by atoms with Gasteiger partial charge in [-0.1, -0.05) is 341 Å². The predicted molar refractivity (Wildman–Crippen MR) is 459 cm³/mol. The molecule has 0 spiro atoms. The molecule has 0 unspecified atom stereocenters. The first-order valence-electron chi connectivity index (χ1n) is 37.9. The van der Waals surface area contributed by atoms with E-state index in [1.165, 1.54) is 100 Å². The standard InChI is InChI=1S/C58H43N.C48H31NO2/c1-57(2)51-29-15-12-25-46(51)47-38-37-45(39-54(47)57)59(44-35-33-41(34-36-44)40-19-6-3-7-20-40)55-32-17-14-26-48(55)49-28-18-31-53-56(49)50-27-13-16-30-52(50)58(53,42-21-8-4-9-22-42)43-23-10-5-11-24-43;1-3-11-32(12-4-1)33-21-25-36(26-22-33)49(37-27-23-35(24-28-37)40-17-9-18-42-41-15-7-8-19-44(41)51-48(40)42)38-29-30-43-46(31-38)50-45-20-10-16-39(47(43)45)34-13-5-2-6-14-34/h3-39H,1-2H3;1-31H. The lowest BCUT2D eigenvalue weighted by molar-refractivity contribution is 0.660. The monoisotopic (exact) mass is 1410 g/mol. The number of benzene rings is 17. The molecule has 2 heterocycles. The molecule has 0 saturated heterocycles. The SMILES string of the molecule is CC1(C)c2ccccc2-c2ccc(N(c3ccc(-c4ccccc4)cc3)c3ccccc3-c3cccc4c3-c3ccccc3C4(c3ccccc3)c3ccccc3)cc21.c1ccc(-c2ccc(N(c3ccc(-c4cccc5c4oc4ccccc45)cc3)c3ccc4c(c3)oc3cccc(-c5ccccc5)c34)cc2)cc1. The van der Waals surface area contributed by atoms with Crippen molar-refractivity contribution in [1.82, 2.24) is 0 Å². The van der Waals surface area contributed by atoms with E-state index in [0.29, 0.717) is 0 Å². The van der Waals surface area contributed by atoms with Gasteiger partial charge in [0.15, 0.2) is 0 Å². The molecule has 19 aromatic rings. The van der Waals surface area contributed by atoms with Crippen molar-refractivity contribution in [3.8, 4) is 77.9 Å². The zero-order valence-corrected chi connectivity index (χ0v) is 61.0. The van der Waals surface area contributed by atoms with Crippen molar-refractivity contribution in [3.05, 3.63) is 446 Å². The molecular weight excluding hydrogens is 1330 g/mol. The molecule has 0 aliphatic heterocycles. The van der Waals surface area contributed by atoms with Gasteiger partial charge in [-0.2, -0.15) is 0 Å². The van der Waals surface area contributed by atoms with Gasteiger partial charge >= 0.3 is 0 Å². The van der Waals surface area contributed by atoms with Gasteiger partial charge in [0.25, 0.3) is 0 Å². The Morgan fingerprint density at radius 2 is 0.655 bits per heavy atom. The summed E-state index contributed by atoms with van der Waals surface area (Å²) in [5.74, 6) is 0. The molecule has 21 rings (SSSR count). The van der Waals surface area contributed by atoms with E-state index in [2.05, 4.69) is 424 Å². The van der Waals surface area contributed by atoms with Gasteiger partial charge in [-0.05, 0) is 179 Å². The topological polar surface area (TPSA) is 32.8 Å². The number of rotatable bonds is 13.